The van der Waals surface area contributed by atoms with Crippen LogP contribution in [0.3, 0.4) is 0 Å². The third-order valence-electron chi connectivity index (χ3n) is 6.91. The fourth-order valence-electron chi connectivity index (χ4n) is 4.82. The van der Waals surface area contributed by atoms with Gasteiger partial charge in [-0.15, -0.1) is 0 Å². The molecule has 4 rings (SSSR count). The van der Waals surface area contributed by atoms with Crippen LogP contribution < -0.4 is 5.32 Å². The van der Waals surface area contributed by atoms with Gasteiger partial charge in [-0.05, 0) is 36.9 Å². The van der Waals surface area contributed by atoms with E-state index in [-0.39, 0.29) is 17.9 Å². The number of para-hydroxylation sites is 1. The fourth-order valence-corrected chi connectivity index (χ4v) is 4.82. The minimum absolute atomic E-state index is 0.102. The number of aliphatic carboxylic acids is 1. The van der Waals surface area contributed by atoms with Crippen LogP contribution in [0.1, 0.15) is 43.4 Å². The molecule has 0 aliphatic carbocycles. The van der Waals surface area contributed by atoms with E-state index in [1.54, 1.807) is 19.9 Å². The molecule has 3 aromatic carbocycles. The van der Waals surface area contributed by atoms with Gasteiger partial charge in [0.15, 0.2) is 6.04 Å². The molecule has 3 N–H and O–H groups in total. The molecule has 0 bridgehead atoms. The van der Waals surface area contributed by atoms with Crippen LogP contribution in [0.2, 0.25) is 0 Å². The number of hydrogen-bond acceptors (Lipinski definition) is 5. The Kier molecular flexibility index (Phi) is 9.05. The number of benzene rings is 3. The third kappa shape index (κ3) is 6.54. The second-order valence-corrected chi connectivity index (χ2v) is 10.0. The Balaban J connectivity index is 1.67. The number of carboxylic acids is 1. The summed E-state index contributed by atoms with van der Waals surface area (Å²) in [5.41, 5.74) is 3.41. The molecule has 38 heavy (non-hydrogen) atoms. The van der Waals surface area contributed by atoms with Crippen molar-refractivity contribution in [2.24, 2.45) is 10.9 Å². The normalized spacial score (nSPS) is 17.8. The van der Waals surface area contributed by atoms with Gasteiger partial charge in [0.05, 0.1) is 23.5 Å². The fraction of sp³-hybridized carbons (Fsp3) is 0.323. The monoisotopic (exact) mass is 513 g/mol. The van der Waals surface area contributed by atoms with E-state index in [1.807, 2.05) is 66.7 Å². The maximum Gasteiger partial charge on any atom is 0.331 e. The summed E-state index contributed by atoms with van der Waals surface area (Å²) in [6.07, 6.45) is 0.539. The number of aliphatic imine (C=N–C) groups is 1. The molecule has 3 aromatic rings. The maximum absolute atomic E-state index is 13.5. The lowest BCUT2D eigenvalue weighted by Gasteiger charge is -2.25. The molecule has 1 saturated heterocycles. The Bertz CT molecular complexity index is 1260. The predicted octanol–water partition coefficient (Wildman–Crippen LogP) is 4.60. The number of anilines is 1. The van der Waals surface area contributed by atoms with E-state index in [9.17, 15) is 19.8 Å². The van der Waals surface area contributed by atoms with E-state index in [2.05, 4.69) is 27.3 Å². The first-order valence-electron chi connectivity index (χ1n) is 13.1. The quantitative estimate of drug-likeness (QED) is 0.344. The zero-order valence-corrected chi connectivity index (χ0v) is 21.8. The molecule has 3 atom stereocenters. The van der Waals surface area contributed by atoms with Crippen molar-refractivity contribution in [3.8, 4) is 0 Å². The standard InChI is InChI=1S/C31H35N3O4/c1-21(2)29(35)28(31(37)38)33-27(23-14-7-4-8-15-23)24-16-9-10-17-25(24)32-30(36)26-18-11-19-34(26)20-22-12-5-3-6-13-22/h3-10,12-17,21,26,28-29,35H,11,18-20H2,1-2H3,(H,32,36)(H,37,38)/t26-,28+,29-/m0/s1. The summed E-state index contributed by atoms with van der Waals surface area (Å²) in [5.74, 6) is -1.61. The van der Waals surface area contributed by atoms with Crippen LogP contribution in [0, 0.1) is 5.92 Å². The first-order valence-corrected chi connectivity index (χ1v) is 13.1. The zero-order chi connectivity index (χ0) is 27.1. The first kappa shape index (κ1) is 27.2. The molecule has 0 unspecified atom stereocenters. The molecule has 0 aromatic heterocycles. The van der Waals surface area contributed by atoms with Gasteiger partial charge in [0.25, 0.3) is 0 Å². The van der Waals surface area contributed by atoms with Crippen LogP contribution in [-0.4, -0.2) is 57.4 Å². The molecule has 0 saturated carbocycles. The second-order valence-electron chi connectivity index (χ2n) is 10.0. The number of carbonyl (C=O) groups excluding carboxylic acids is 1. The van der Waals surface area contributed by atoms with Crippen LogP contribution >= 0.6 is 0 Å². The summed E-state index contributed by atoms with van der Waals surface area (Å²) >= 11 is 0. The summed E-state index contributed by atoms with van der Waals surface area (Å²) in [5, 5.41) is 23.6. The van der Waals surface area contributed by atoms with Gasteiger partial charge in [0.1, 0.15) is 0 Å². The van der Waals surface area contributed by atoms with Crippen molar-refractivity contribution >= 4 is 23.3 Å². The van der Waals surface area contributed by atoms with Crippen molar-refractivity contribution in [1.29, 1.82) is 0 Å². The summed E-state index contributed by atoms with van der Waals surface area (Å²) in [6, 6.07) is 25.0. The number of aliphatic hydroxyl groups excluding tert-OH is 1. The minimum atomic E-state index is -1.36. The first-order chi connectivity index (χ1) is 18.3. The van der Waals surface area contributed by atoms with Gasteiger partial charge in [-0.25, -0.2) is 4.79 Å². The molecular formula is C31H35N3O4. The van der Waals surface area contributed by atoms with E-state index in [1.165, 1.54) is 0 Å². The highest BCUT2D eigenvalue weighted by Gasteiger charge is 2.32. The van der Waals surface area contributed by atoms with Crippen molar-refractivity contribution in [2.45, 2.75) is 51.4 Å². The average Bonchev–Trinajstić information content (AvgIpc) is 3.38. The molecular weight excluding hydrogens is 478 g/mol. The molecule has 0 spiro atoms. The number of carbonyl (C=O) groups is 2. The van der Waals surface area contributed by atoms with Crippen LogP contribution in [0.4, 0.5) is 5.69 Å². The Morgan fingerprint density at radius 2 is 1.61 bits per heavy atom. The SMILES string of the molecule is CC(C)[C@H](O)[C@@H](N=C(c1ccccc1)c1ccccc1NC(=O)[C@@H]1CCCN1Cc1ccccc1)C(=O)O. The van der Waals surface area contributed by atoms with Gasteiger partial charge in [-0.3, -0.25) is 14.7 Å². The van der Waals surface area contributed by atoms with E-state index in [0.29, 0.717) is 29.1 Å². The topological polar surface area (TPSA) is 102 Å². The van der Waals surface area contributed by atoms with E-state index >= 15 is 0 Å². The van der Waals surface area contributed by atoms with Crippen LogP contribution in [0.25, 0.3) is 0 Å². The molecule has 1 fully saturated rings. The predicted molar refractivity (Wildman–Crippen MR) is 149 cm³/mol. The van der Waals surface area contributed by atoms with Gasteiger partial charge in [-0.1, -0.05) is 92.7 Å². The molecule has 1 heterocycles. The van der Waals surface area contributed by atoms with Crippen molar-refractivity contribution in [2.75, 3.05) is 11.9 Å². The van der Waals surface area contributed by atoms with Crippen molar-refractivity contribution < 1.29 is 19.8 Å². The van der Waals surface area contributed by atoms with Crippen LogP contribution in [0.5, 0.6) is 0 Å². The van der Waals surface area contributed by atoms with Gasteiger partial charge < -0.3 is 15.5 Å². The van der Waals surface area contributed by atoms with Crippen LogP contribution in [0.15, 0.2) is 89.9 Å². The van der Waals surface area contributed by atoms with Gasteiger partial charge >= 0.3 is 5.97 Å². The van der Waals surface area contributed by atoms with Gasteiger partial charge in [0.2, 0.25) is 5.91 Å². The highest BCUT2D eigenvalue weighted by atomic mass is 16.4. The Morgan fingerprint density at radius 3 is 2.26 bits per heavy atom. The summed E-state index contributed by atoms with van der Waals surface area (Å²) < 4.78 is 0. The Labute approximate surface area is 223 Å². The number of amides is 1. The lowest BCUT2D eigenvalue weighted by molar-refractivity contribution is -0.141. The molecule has 1 amide bonds. The number of nitrogens with zero attached hydrogens (tertiary/aromatic N) is 2. The molecule has 1 aliphatic heterocycles. The molecule has 1 aliphatic rings. The summed E-state index contributed by atoms with van der Waals surface area (Å²) in [4.78, 5) is 32.4. The lowest BCUT2D eigenvalue weighted by Crippen LogP contribution is -2.39. The average molecular weight is 514 g/mol. The largest absolute Gasteiger partial charge is 0.480 e. The van der Waals surface area contributed by atoms with Crippen molar-refractivity contribution in [3.05, 3.63) is 102 Å². The minimum Gasteiger partial charge on any atom is -0.480 e. The number of hydrogen-bond donors (Lipinski definition) is 3. The molecule has 0 radical (unpaired) electrons. The number of carboxylic acid groups (broad SMARTS) is 1. The Morgan fingerprint density at radius 1 is 0.974 bits per heavy atom. The highest BCUT2D eigenvalue weighted by molar-refractivity contribution is 6.17. The maximum atomic E-state index is 13.5. The number of likely N-dealkylation sites (tertiary alicyclic amines) is 1. The lowest BCUT2D eigenvalue weighted by atomic mass is 9.97. The summed E-state index contributed by atoms with van der Waals surface area (Å²) in [6.45, 7) is 5.06. The zero-order valence-electron chi connectivity index (χ0n) is 21.8. The van der Waals surface area contributed by atoms with Gasteiger partial charge in [0, 0.05) is 17.7 Å². The van der Waals surface area contributed by atoms with Crippen LogP contribution in [-0.2, 0) is 16.1 Å². The summed E-state index contributed by atoms with van der Waals surface area (Å²) in [7, 11) is 0. The number of nitrogens with one attached hydrogen (secondary N) is 1. The molecule has 7 nitrogen and oxygen atoms in total. The van der Waals surface area contributed by atoms with E-state index < -0.39 is 18.1 Å². The van der Waals surface area contributed by atoms with E-state index in [4.69, 9.17) is 0 Å². The smallest absolute Gasteiger partial charge is 0.331 e. The van der Waals surface area contributed by atoms with E-state index in [0.717, 1.165) is 24.9 Å². The highest BCUT2D eigenvalue weighted by Crippen LogP contribution is 2.26. The number of rotatable bonds is 10. The van der Waals surface area contributed by atoms with Gasteiger partial charge in [-0.2, -0.15) is 0 Å². The third-order valence-corrected chi connectivity index (χ3v) is 6.91. The second kappa shape index (κ2) is 12.6. The Hall–Kier alpha value is -3.81. The molecule has 198 valence electrons. The number of aliphatic hydroxyl groups is 1. The molecule has 7 heteroatoms. The van der Waals surface area contributed by atoms with Crippen molar-refractivity contribution in [3.63, 3.8) is 0 Å². The van der Waals surface area contributed by atoms with Crippen molar-refractivity contribution in [1.82, 2.24) is 4.90 Å².